The Bertz CT molecular complexity index is 360. The Morgan fingerprint density at radius 1 is 0.958 bits per heavy atom. The maximum Gasteiger partial charge on any atom is 2.00 e. The normalized spacial score (nSPS) is 18.0. The molecular weight excluding hydrogens is 348 g/mol. The number of amides is 2. The molecule has 10 radical (unpaired) electrons. The van der Waals surface area contributed by atoms with E-state index in [0.717, 1.165) is 5.92 Å². The molecule has 2 rings (SSSR count). The summed E-state index contributed by atoms with van der Waals surface area (Å²) in [5, 5.41) is 0. The molecule has 0 aromatic carbocycles. The summed E-state index contributed by atoms with van der Waals surface area (Å²) in [6, 6.07) is -0.644. The van der Waals surface area contributed by atoms with Gasteiger partial charge in [0.2, 0.25) is 5.91 Å². The van der Waals surface area contributed by atoms with Crippen LogP contribution in [0.15, 0.2) is 0 Å². The van der Waals surface area contributed by atoms with Crippen molar-refractivity contribution in [2.75, 3.05) is 27.7 Å². The van der Waals surface area contributed by atoms with Gasteiger partial charge in [-0.2, -0.15) is 0 Å². The zero-order chi connectivity index (χ0) is 17.2. The first-order chi connectivity index (χ1) is 11.0. The number of hydrogen-bond donors (Lipinski definition) is 0. The van der Waals surface area contributed by atoms with Gasteiger partial charge in [-0.3, -0.25) is 9.69 Å². The second-order valence-electron chi connectivity index (χ2n) is 5.13. The third-order valence-corrected chi connectivity index (χ3v) is 3.18. The van der Waals surface area contributed by atoms with Gasteiger partial charge in [-0.05, 0) is 64.7 Å². The van der Waals surface area contributed by atoms with Gasteiger partial charge in [-0.15, -0.1) is 0 Å². The molecule has 2 aliphatic carbocycles. The molecule has 2 amide bonds. The van der Waals surface area contributed by atoms with Gasteiger partial charge >= 0.3 is 23.2 Å². The van der Waals surface area contributed by atoms with Crippen LogP contribution in [-0.4, -0.2) is 55.6 Å². The molecular formula is C18H24FeN2O3+2. The maximum absolute atomic E-state index is 12.2. The first kappa shape index (κ1) is 23.3. The predicted molar refractivity (Wildman–Crippen MR) is 89.2 cm³/mol. The van der Waals surface area contributed by atoms with Gasteiger partial charge in [0, 0.05) is 27.1 Å². The van der Waals surface area contributed by atoms with Crippen molar-refractivity contribution in [2.45, 2.75) is 13.0 Å². The smallest absolute Gasteiger partial charge is 0.450 e. The molecule has 0 N–H and O–H groups in total. The molecule has 0 aliphatic heterocycles. The van der Waals surface area contributed by atoms with E-state index in [9.17, 15) is 9.59 Å². The van der Waals surface area contributed by atoms with Crippen molar-refractivity contribution in [2.24, 2.45) is 0 Å². The molecule has 6 heteroatoms. The average molecular weight is 372 g/mol. The van der Waals surface area contributed by atoms with E-state index in [2.05, 4.69) is 0 Å². The van der Waals surface area contributed by atoms with Crippen LogP contribution in [0.4, 0.5) is 4.79 Å². The second-order valence-corrected chi connectivity index (χ2v) is 5.13. The van der Waals surface area contributed by atoms with E-state index in [1.807, 2.05) is 57.8 Å². The Kier molecular flexibility index (Phi) is 12.2. The van der Waals surface area contributed by atoms with E-state index < -0.39 is 12.1 Å². The fraction of sp³-hybridized carbons (Fsp3) is 0.333. The van der Waals surface area contributed by atoms with Crippen LogP contribution in [0.3, 0.4) is 0 Å². The fourth-order valence-electron chi connectivity index (χ4n) is 2.00. The Morgan fingerprint density at radius 2 is 1.42 bits per heavy atom. The van der Waals surface area contributed by atoms with E-state index in [0.29, 0.717) is 0 Å². The molecule has 5 nitrogen and oxygen atoms in total. The number of ether oxygens (including phenoxy) is 1. The minimum Gasteiger partial charge on any atom is -0.450 e. The quantitative estimate of drug-likeness (QED) is 0.709. The molecule has 0 aromatic heterocycles. The summed E-state index contributed by atoms with van der Waals surface area (Å²) in [5.74, 6) is 0.626. The molecule has 2 fully saturated rings. The van der Waals surface area contributed by atoms with Crippen LogP contribution < -0.4 is 0 Å². The van der Waals surface area contributed by atoms with Crippen LogP contribution in [0, 0.1) is 63.7 Å². The molecule has 0 heterocycles. The summed E-state index contributed by atoms with van der Waals surface area (Å²) in [6.07, 6.45) is 16.8. The molecule has 1 unspecified atom stereocenters. The van der Waals surface area contributed by atoms with Gasteiger partial charge in [0.05, 0.1) is 6.61 Å². The van der Waals surface area contributed by atoms with Crippen LogP contribution in [0.25, 0.3) is 0 Å². The maximum atomic E-state index is 12.2. The fourth-order valence-corrected chi connectivity index (χ4v) is 2.00. The number of carbonyl (C=O) groups excluding carboxylic acids is 2. The number of carbonyl (C=O) groups is 2. The van der Waals surface area contributed by atoms with E-state index in [1.165, 1.54) is 9.80 Å². The number of rotatable bonds is 4. The summed E-state index contributed by atoms with van der Waals surface area (Å²) < 4.78 is 4.93. The summed E-state index contributed by atoms with van der Waals surface area (Å²) in [7, 11) is 4.89. The van der Waals surface area contributed by atoms with Gasteiger partial charge in [0.1, 0.15) is 6.04 Å². The second kappa shape index (κ2) is 12.6. The van der Waals surface area contributed by atoms with Gasteiger partial charge in [0.25, 0.3) is 0 Å². The zero-order valence-corrected chi connectivity index (χ0v) is 15.6. The minimum absolute atomic E-state index is 0. The third kappa shape index (κ3) is 7.43. The molecule has 2 saturated carbocycles. The van der Waals surface area contributed by atoms with Crippen molar-refractivity contribution < 1.29 is 31.4 Å². The summed E-state index contributed by atoms with van der Waals surface area (Å²) in [6.45, 7) is 2.02. The van der Waals surface area contributed by atoms with Crippen LogP contribution in [-0.2, 0) is 26.6 Å². The Morgan fingerprint density at radius 3 is 1.79 bits per heavy atom. The van der Waals surface area contributed by atoms with Crippen molar-refractivity contribution >= 4 is 12.0 Å². The first-order valence-corrected chi connectivity index (χ1v) is 7.48. The number of likely N-dealkylation sites (N-methyl/N-ethyl adjacent to an activating group) is 2. The molecule has 0 bridgehead atoms. The van der Waals surface area contributed by atoms with Gasteiger partial charge in [-0.25, -0.2) is 4.79 Å². The van der Waals surface area contributed by atoms with Crippen LogP contribution in [0.2, 0.25) is 0 Å². The van der Waals surface area contributed by atoms with E-state index >= 15 is 0 Å². The van der Waals surface area contributed by atoms with Crippen molar-refractivity contribution in [3.8, 4) is 0 Å². The van der Waals surface area contributed by atoms with Crippen LogP contribution in [0.5, 0.6) is 0 Å². The summed E-state index contributed by atoms with van der Waals surface area (Å²) in [5.41, 5.74) is 0. The Balaban J connectivity index is 0.000000751. The van der Waals surface area contributed by atoms with Crippen LogP contribution in [0.1, 0.15) is 6.92 Å². The SMILES string of the molecule is CCOC(=O)N(C)C([C]1[CH][CH][CH][CH]1)C(=O)N(C)C.[CH]1[CH][CH][CH][CH]1.[Fe+2]. The zero-order valence-electron chi connectivity index (χ0n) is 14.5. The Labute approximate surface area is 157 Å². The largest absolute Gasteiger partial charge is 2.00 e. The molecule has 0 aromatic rings. The van der Waals surface area contributed by atoms with E-state index in [1.54, 1.807) is 28.1 Å². The van der Waals surface area contributed by atoms with Gasteiger partial charge in [0.15, 0.2) is 0 Å². The monoisotopic (exact) mass is 372 g/mol. The molecule has 2 aliphatic rings. The van der Waals surface area contributed by atoms with Crippen molar-refractivity contribution in [3.63, 3.8) is 0 Å². The van der Waals surface area contributed by atoms with Gasteiger partial charge in [-0.1, -0.05) is 0 Å². The number of nitrogens with zero attached hydrogens (tertiary/aromatic N) is 2. The summed E-state index contributed by atoms with van der Waals surface area (Å²) in [4.78, 5) is 26.7. The predicted octanol–water partition coefficient (Wildman–Crippen LogP) is 1.96. The molecule has 1 atom stereocenters. The molecule has 24 heavy (non-hydrogen) atoms. The van der Waals surface area contributed by atoms with Crippen molar-refractivity contribution in [3.05, 3.63) is 63.7 Å². The third-order valence-electron chi connectivity index (χ3n) is 3.18. The van der Waals surface area contributed by atoms with Crippen LogP contribution >= 0.6 is 0 Å². The molecule has 0 spiro atoms. The minimum atomic E-state index is -0.644. The van der Waals surface area contributed by atoms with Gasteiger partial charge < -0.3 is 9.64 Å². The summed E-state index contributed by atoms with van der Waals surface area (Å²) >= 11 is 0. The van der Waals surface area contributed by atoms with E-state index in [-0.39, 0.29) is 29.6 Å². The average Bonchev–Trinajstić information content (AvgIpc) is 3.23. The van der Waals surface area contributed by atoms with Crippen molar-refractivity contribution in [1.82, 2.24) is 9.80 Å². The van der Waals surface area contributed by atoms with Crippen molar-refractivity contribution in [1.29, 1.82) is 0 Å². The molecule has 130 valence electrons. The number of hydrogen-bond acceptors (Lipinski definition) is 3. The topological polar surface area (TPSA) is 49.9 Å². The van der Waals surface area contributed by atoms with E-state index in [4.69, 9.17) is 4.74 Å². The first-order valence-electron chi connectivity index (χ1n) is 7.48. The Hall–Kier alpha value is -0.741. The standard InChI is InChI=1S/C13H19N2O3.C5H5.Fe/c1-5-18-13(17)15(4)11(12(16)14(2)3)10-8-6-7-9-10;1-2-4-5-3-1;/h6-9,11H,5H2,1-4H3;1-5H;/q;;+2. The molecule has 0 saturated heterocycles.